The lowest BCUT2D eigenvalue weighted by atomic mass is 10.2. The van der Waals surface area contributed by atoms with Crippen LogP contribution in [0.2, 0.25) is 0 Å². The van der Waals surface area contributed by atoms with E-state index < -0.39 is 0 Å². The van der Waals surface area contributed by atoms with Crippen LogP contribution in [0.25, 0.3) is 28.2 Å². The summed E-state index contributed by atoms with van der Waals surface area (Å²) in [6.07, 6.45) is 1.74. The molecule has 7 nitrogen and oxygen atoms in total. The summed E-state index contributed by atoms with van der Waals surface area (Å²) in [6, 6.07) is 25.6. The summed E-state index contributed by atoms with van der Waals surface area (Å²) >= 11 is 0. The van der Waals surface area contributed by atoms with Crippen LogP contribution in [-0.2, 0) is 6.54 Å². The second kappa shape index (κ2) is 8.39. The van der Waals surface area contributed by atoms with Gasteiger partial charge in [-0.2, -0.15) is 4.98 Å². The molecule has 0 spiro atoms. The summed E-state index contributed by atoms with van der Waals surface area (Å²) in [6.45, 7) is 0.591. The van der Waals surface area contributed by atoms with Gasteiger partial charge < -0.3 is 15.8 Å². The van der Waals surface area contributed by atoms with E-state index in [2.05, 4.69) is 10.3 Å². The Hall–Kier alpha value is -4.39. The second-order valence-corrected chi connectivity index (χ2v) is 7.34. The van der Waals surface area contributed by atoms with Gasteiger partial charge in [0.05, 0.1) is 19.0 Å². The SMILES string of the molecule is COc1ccc(CNc2ncc3nc(-c4ccccc4)n(-c4cccc(N)c4)c3n2)cc1. The molecule has 0 aliphatic carbocycles. The van der Waals surface area contributed by atoms with Gasteiger partial charge in [-0.25, -0.2) is 9.97 Å². The van der Waals surface area contributed by atoms with Crippen molar-refractivity contribution in [2.24, 2.45) is 0 Å². The third-order valence-corrected chi connectivity index (χ3v) is 5.17. The van der Waals surface area contributed by atoms with Gasteiger partial charge in [0, 0.05) is 17.8 Å². The van der Waals surface area contributed by atoms with Crippen LogP contribution < -0.4 is 15.8 Å². The average molecular weight is 422 g/mol. The van der Waals surface area contributed by atoms with Crippen molar-refractivity contribution < 1.29 is 4.74 Å². The molecule has 0 amide bonds. The summed E-state index contributed by atoms with van der Waals surface area (Å²) in [5.74, 6) is 2.14. The fraction of sp³-hybridized carbons (Fsp3) is 0.0800. The van der Waals surface area contributed by atoms with E-state index in [0.717, 1.165) is 28.4 Å². The third-order valence-electron chi connectivity index (χ3n) is 5.17. The van der Waals surface area contributed by atoms with Crippen LogP contribution in [0.15, 0.2) is 85.1 Å². The van der Waals surface area contributed by atoms with Crippen LogP contribution in [-0.4, -0.2) is 26.6 Å². The van der Waals surface area contributed by atoms with Gasteiger partial charge in [-0.3, -0.25) is 4.57 Å². The molecule has 0 radical (unpaired) electrons. The molecule has 0 aliphatic rings. The Morgan fingerprint density at radius 3 is 2.50 bits per heavy atom. The monoisotopic (exact) mass is 422 g/mol. The number of aromatic nitrogens is 4. The first-order valence-electron chi connectivity index (χ1n) is 10.2. The third kappa shape index (κ3) is 3.83. The fourth-order valence-corrected chi connectivity index (χ4v) is 3.57. The van der Waals surface area contributed by atoms with E-state index in [0.29, 0.717) is 29.3 Å². The topological polar surface area (TPSA) is 90.9 Å². The minimum atomic E-state index is 0.526. The van der Waals surface area contributed by atoms with Crippen molar-refractivity contribution in [3.63, 3.8) is 0 Å². The number of hydrogen-bond donors (Lipinski definition) is 2. The smallest absolute Gasteiger partial charge is 0.225 e. The number of anilines is 2. The van der Waals surface area contributed by atoms with E-state index in [9.17, 15) is 0 Å². The molecule has 2 aromatic heterocycles. The zero-order chi connectivity index (χ0) is 21.9. The first-order chi connectivity index (χ1) is 15.7. The van der Waals surface area contributed by atoms with Crippen molar-refractivity contribution in [1.82, 2.24) is 19.5 Å². The molecular formula is C25H22N6O. The van der Waals surface area contributed by atoms with Crippen molar-refractivity contribution >= 4 is 22.8 Å². The fourth-order valence-electron chi connectivity index (χ4n) is 3.57. The number of fused-ring (bicyclic) bond motifs is 1. The molecule has 0 saturated heterocycles. The van der Waals surface area contributed by atoms with Gasteiger partial charge in [-0.05, 0) is 35.9 Å². The Morgan fingerprint density at radius 1 is 0.938 bits per heavy atom. The highest BCUT2D eigenvalue weighted by Gasteiger charge is 2.16. The number of nitrogens with one attached hydrogen (secondary N) is 1. The van der Waals surface area contributed by atoms with Crippen molar-refractivity contribution in [3.05, 3.63) is 90.6 Å². The van der Waals surface area contributed by atoms with Crippen molar-refractivity contribution in [1.29, 1.82) is 0 Å². The van der Waals surface area contributed by atoms with E-state index >= 15 is 0 Å². The molecule has 0 saturated carbocycles. The van der Waals surface area contributed by atoms with Crippen molar-refractivity contribution in [2.75, 3.05) is 18.2 Å². The molecule has 3 aromatic carbocycles. The number of hydrogen-bond acceptors (Lipinski definition) is 6. The van der Waals surface area contributed by atoms with Gasteiger partial charge in [-0.15, -0.1) is 0 Å². The number of imidazole rings is 1. The molecule has 2 heterocycles. The Bertz CT molecular complexity index is 1360. The van der Waals surface area contributed by atoms with Gasteiger partial charge in [0.2, 0.25) is 5.95 Å². The largest absolute Gasteiger partial charge is 0.497 e. The summed E-state index contributed by atoms with van der Waals surface area (Å²) in [5.41, 5.74) is 11.2. The number of nitrogen functional groups attached to an aromatic ring is 1. The summed E-state index contributed by atoms with van der Waals surface area (Å²) < 4.78 is 7.23. The van der Waals surface area contributed by atoms with E-state index in [-0.39, 0.29) is 0 Å². The maximum absolute atomic E-state index is 6.07. The molecule has 0 aliphatic heterocycles. The van der Waals surface area contributed by atoms with Crippen LogP contribution in [0.4, 0.5) is 11.6 Å². The second-order valence-electron chi connectivity index (χ2n) is 7.34. The molecular weight excluding hydrogens is 400 g/mol. The Balaban J connectivity index is 1.56. The number of ether oxygens (including phenoxy) is 1. The van der Waals surface area contributed by atoms with Gasteiger partial charge in [0.1, 0.15) is 17.1 Å². The Labute approximate surface area is 185 Å². The van der Waals surface area contributed by atoms with Crippen LogP contribution in [0.5, 0.6) is 5.75 Å². The van der Waals surface area contributed by atoms with Crippen molar-refractivity contribution in [3.8, 4) is 22.8 Å². The summed E-state index contributed by atoms with van der Waals surface area (Å²) in [5, 5.41) is 3.30. The van der Waals surface area contributed by atoms with Crippen LogP contribution in [0, 0.1) is 0 Å². The predicted molar refractivity (Wildman–Crippen MR) is 127 cm³/mol. The molecule has 3 N–H and O–H groups in total. The number of methoxy groups -OCH3 is 1. The highest BCUT2D eigenvalue weighted by atomic mass is 16.5. The Kier molecular flexibility index (Phi) is 5.13. The lowest BCUT2D eigenvalue weighted by Gasteiger charge is -2.10. The van der Waals surface area contributed by atoms with Crippen LogP contribution in [0.1, 0.15) is 5.56 Å². The van der Waals surface area contributed by atoms with Crippen LogP contribution >= 0.6 is 0 Å². The van der Waals surface area contributed by atoms with Gasteiger partial charge in [-0.1, -0.05) is 48.5 Å². The quantitative estimate of drug-likeness (QED) is 0.386. The van der Waals surface area contributed by atoms with Crippen LogP contribution in [0.3, 0.4) is 0 Å². The van der Waals surface area contributed by atoms with Gasteiger partial charge in [0.25, 0.3) is 0 Å². The first-order valence-corrected chi connectivity index (χ1v) is 10.2. The molecule has 0 unspecified atom stereocenters. The average Bonchev–Trinajstić information content (AvgIpc) is 3.22. The lowest BCUT2D eigenvalue weighted by molar-refractivity contribution is 0.414. The standard InChI is InChI=1S/C25H22N6O/c1-32-21-12-10-17(11-13-21)15-27-25-28-16-22-24(30-25)31(20-9-5-8-19(26)14-20)23(29-22)18-6-3-2-4-7-18/h2-14,16H,15,26H2,1H3,(H,27,28,30). The molecule has 0 fully saturated rings. The zero-order valence-corrected chi connectivity index (χ0v) is 17.6. The van der Waals surface area contributed by atoms with Gasteiger partial charge in [0.15, 0.2) is 5.65 Å². The predicted octanol–water partition coefficient (Wildman–Crippen LogP) is 4.69. The van der Waals surface area contributed by atoms with E-state index in [4.69, 9.17) is 20.4 Å². The normalized spacial score (nSPS) is 10.9. The number of nitrogens with zero attached hydrogens (tertiary/aromatic N) is 4. The minimum absolute atomic E-state index is 0.526. The molecule has 5 rings (SSSR count). The molecule has 32 heavy (non-hydrogen) atoms. The molecule has 0 atom stereocenters. The number of benzene rings is 3. The Morgan fingerprint density at radius 2 is 1.75 bits per heavy atom. The number of rotatable bonds is 6. The molecule has 158 valence electrons. The lowest BCUT2D eigenvalue weighted by Crippen LogP contribution is -2.05. The van der Waals surface area contributed by atoms with Crippen molar-refractivity contribution in [2.45, 2.75) is 6.54 Å². The summed E-state index contributed by atoms with van der Waals surface area (Å²) in [4.78, 5) is 14.1. The zero-order valence-electron chi connectivity index (χ0n) is 17.6. The molecule has 0 bridgehead atoms. The molecule has 5 aromatic rings. The molecule has 7 heteroatoms. The highest BCUT2D eigenvalue weighted by molar-refractivity contribution is 5.80. The maximum atomic E-state index is 6.07. The van der Waals surface area contributed by atoms with E-state index in [1.54, 1.807) is 13.3 Å². The first kappa shape index (κ1) is 19.6. The van der Waals surface area contributed by atoms with E-state index in [1.807, 2.05) is 83.4 Å². The van der Waals surface area contributed by atoms with Gasteiger partial charge >= 0.3 is 0 Å². The highest BCUT2D eigenvalue weighted by Crippen LogP contribution is 2.28. The summed E-state index contributed by atoms with van der Waals surface area (Å²) in [7, 11) is 1.66. The maximum Gasteiger partial charge on any atom is 0.225 e. The minimum Gasteiger partial charge on any atom is -0.497 e. The van der Waals surface area contributed by atoms with E-state index in [1.165, 1.54) is 0 Å². The number of nitrogens with two attached hydrogens (primary N) is 1.